The van der Waals surface area contributed by atoms with E-state index in [-0.39, 0.29) is 5.82 Å². The van der Waals surface area contributed by atoms with Gasteiger partial charge in [-0.05, 0) is 42.0 Å². The Labute approximate surface area is 114 Å². The number of rotatable bonds is 4. The van der Waals surface area contributed by atoms with E-state index in [1.54, 1.807) is 6.07 Å². The molecule has 19 heavy (non-hydrogen) atoms. The van der Waals surface area contributed by atoms with Gasteiger partial charge in [0, 0.05) is 13.1 Å². The van der Waals surface area contributed by atoms with Crippen LogP contribution in [0.5, 0.6) is 0 Å². The highest BCUT2D eigenvalue weighted by molar-refractivity contribution is 5.37. The molecule has 3 heteroatoms. The summed E-state index contributed by atoms with van der Waals surface area (Å²) in [6, 6.07) is 6.46. The number of halogens is 1. The topological polar surface area (TPSA) is 35.8 Å². The largest absolute Gasteiger partial charge is 0.312 e. The fraction of sp³-hybridized carbons (Fsp3) is 0.562. The van der Waals surface area contributed by atoms with E-state index in [2.05, 4.69) is 18.3 Å². The van der Waals surface area contributed by atoms with Gasteiger partial charge >= 0.3 is 0 Å². The minimum atomic E-state index is -0.278. The van der Waals surface area contributed by atoms with Gasteiger partial charge in [-0.15, -0.1) is 0 Å². The molecular formula is C16H21FN2. The van der Waals surface area contributed by atoms with Crippen LogP contribution in [-0.4, -0.2) is 6.54 Å². The Morgan fingerprint density at radius 3 is 2.74 bits per heavy atom. The van der Waals surface area contributed by atoms with E-state index < -0.39 is 0 Å². The lowest BCUT2D eigenvalue weighted by Gasteiger charge is -2.33. The highest BCUT2D eigenvalue weighted by atomic mass is 19.1. The summed E-state index contributed by atoms with van der Waals surface area (Å²) < 4.78 is 13.2. The lowest BCUT2D eigenvalue weighted by molar-refractivity contribution is 0.207. The third kappa shape index (κ3) is 3.78. The first-order valence-corrected chi connectivity index (χ1v) is 7.02. The van der Waals surface area contributed by atoms with Crippen molar-refractivity contribution in [2.75, 3.05) is 6.54 Å². The van der Waals surface area contributed by atoms with Crippen LogP contribution in [0.4, 0.5) is 4.39 Å². The van der Waals surface area contributed by atoms with Gasteiger partial charge in [-0.1, -0.05) is 26.2 Å². The van der Waals surface area contributed by atoms with Gasteiger partial charge in [0.1, 0.15) is 5.82 Å². The number of nitrogens with zero attached hydrogens (tertiary/aromatic N) is 1. The van der Waals surface area contributed by atoms with Crippen molar-refractivity contribution in [3.63, 3.8) is 0 Å². The Morgan fingerprint density at radius 1 is 1.32 bits per heavy atom. The molecule has 2 rings (SSSR count). The Hall–Kier alpha value is -1.40. The van der Waals surface area contributed by atoms with Crippen LogP contribution < -0.4 is 5.32 Å². The van der Waals surface area contributed by atoms with E-state index in [0.29, 0.717) is 17.5 Å². The molecule has 0 bridgehead atoms. The minimum Gasteiger partial charge on any atom is -0.312 e. The third-order valence-corrected chi connectivity index (χ3v) is 4.12. The Balaban J connectivity index is 1.92. The molecule has 0 spiro atoms. The Bertz CT molecular complexity index is 470. The number of benzene rings is 1. The van der Waals surface area contributed by atoms with Crippen molar-refractivity contribution in [2.24, 2.45) is 5.41 Å². The molecule has 1 saturated carbocycles. The van der Waals surface area contributed by atoms with Crippen molar-refractivity contribution in [2.45, 2.75) is 45.6 Å². The number of hydrogen-bond acceptors (Lipinski definition) is 2. The van der Waals surface area contributed by atoms with E-state index in [4.69, 9.17) is 5.26 Å². The van der Waals surface area contributed by atoms with Crippen molar-refractivity contribution in [3.05, 3.63) is 35.1 Å². The number of nitrogens with one attached hydrogen (secondary N) is 1. The summed E-state index contributed by atoms with van der Waals surface area (Å²) in [5, 5.41) is 12.4. The molecule has 1 aliphatic carbocycles. The smallest absolute Gasteiger partial charge is 0.123 e. The first-order valence-electron chi connectivity index (χ1n) is 7.02. The van der Waals surface area contributed by atoms with Crippen LogP contribution in [0.25, 0.3) is 0 Å². The molecule has 102 valence electrons. The van der Waals surface area contributed by atoms with E-state index in [0.717, 1.165) is 12.1 Å². The summed E-state index contributed by atoms with van der Waals surface area (Å²) in [5.74, 6) is -0.278. The molecule has 0 aliphatic heterocycles. The second-order valence-electron chi connectivity index (χ2n) is 5.89. The second kappa shape index (κ2) is 6.16. The molecule has 0 atom stereocenters. The molecule has 0 saturated heterocycles. The minimum absolute atomic E-state index is 0.278. The molecular weight excluding hydrogens is 239 g/mol. The van der Waals surface area contributed by atoms with Crippen LogP contribution in [0.3, 0.4) is 0 Å². The highest BCUT2D eigenvalue weighted by Crippen LogP contribution is 2.34. The predicted octanol–water partition coefficient (Wildman–Crippen LogP) is 3.76. The van der Waals surface area contributed by atoms with Crippen LogP contribution in [0, 0.1) is 22.6 Å². The molecule has 2 nitrogen and oxygen atoms in total. The lowest BCUT2D eigenvalue weighted by Crippen LogP contribution is -2.33. The monoisotopic (exact) mass is 260 g/mol. The van der Waals surface area contributed by atoms with Crippen LogP contribution in [0.2, 0.25) is 0 Å². The number of nitriles is 1. The second-order valence-corrected chi connectivity index (χ2v) is 5.89. The van der Waals surface area contributed by atoms with E-state index in [9.17, 15) is 4.39 Å². The average Bonchev–Trinajstić information content (AvgIpc) is 2.40. The zero-order valence-electron chi connectivity index (χ0n) is 11.5. The first-order chi connectivity index (χ1) is 9.13. The summed E-state index contributed by atoms with van der Waals surface area (Å²) in [5.41, 5.74) is 1.67. The van der Waals surface area contributed by atoms with Gasteiger partial charge in [0.15, 0.2) is 0 Å². The van der Waals surface area contributed by atoms with Crippen molar-refractivity contribution < 1.29 is 4.39 Å². The standard InChI is InChI=1S/C16H21FN2/c1-16(7-3-2-4-8-16)12-19-11-14-9-15(17)6-5-13(14)10-18/h5-6,9,19H,2-4,7-8,11-12H2,1H3. The zero-order chi connectivity index (χ0) is 13.7. The van der Waals surface area contributed by atoms with E-state index in [1.165, 1.54) is 44.2 Å². The molecule has 1 N–H and O–H groups in total. The molecule has 1 aromatic carbocycles. The molecule has 0 radical (unpaired) electrons. The molecule has 0 heterocycles. The van der Waals surface area contributed by atoms with E-state index in [1.807, 2.05) is 0 Å². The molecule has 0 amide bonds. The van der Waals surface area contributed by atoms with Gasteiger partial charge in [-0.25, -0.2) is 4.39 Å². The summed E-state index contributed by atoms with van der Waals surface area (Å²) in [6.45, 7) is 3.82. The van der Waals surface area contributed by atoms with Crippen LogP contribution in [0.1, 0.15) is 50.2 Å². The van der Waals surface area contributed by atoms with Crippen LogP contribution in [-0.2, 0) is 6.54 Å². The fourth-order valence-electron chi connectivity index (χ4n) is 2.90. The summed E-state index contributed by atoms with van der Waals surface area (Å²) in [4.78, 5) is 0. The quantitative estimate of drug-likeness (QED) is 0.894. The van der Waals surface area contributed by atoms with E-state index >= 15 is 0 Å². The van der Waals surface area contributed by atoms with Gasteiger partial charge in [0.25, 0.3) is 0 Å². The van der Waals surface area contributed by atoms with Crippen molar-refractivity contribution in [1.29, 1.82) is 5.26 Å². The van der Waals surface area contributed by atoms with Gasteiger partial charge in [0.05, 0.1) is 11.6 Å². The zero-order valence-corrected chi connectivity index (χ0v) is 11.5. The summed E-state index contributed by atoms with van der Waals surface area (Å²) in [6.07, 6.45) is 6.48. The Morgan fingerprint density at radius 2 is 2.05 bits per heavy atom. The maximum Gasteiger partial charge on any atom is 0.123 e. The lowest BCUT2D eigenvalue weighted by atomic mass is 9.76. The Kier molecular flexibility index (Phi) is 4.55. The SMILES string of the molecule is CC1(CNCc2cc(F)ccc2C#N)CCCCC1. The third-order valence-electron chi connectivity index (χ3n) is 4.12. The predicted molar refractivity (Wildman–Crippen MR) is 74.0 cm³/mol. The normalized spacial score (nSPS) is 17.9. The van der Waals surface area contributed by atoms with Gasteiger partial charge in [0.2, 0.25) is 0 Å². The van der Waals surface area contributed by atoms with Gasteiger partial charge in [-0.3, -0.25) is 0 Å². The summed E-state index contributed by atoms with van der Waals surface area (Å²) in [7, 11) is 0. The first kappa shape index (κ1) is 14.0. The molecule has 1 aromatic rings. The molecule has 1 aliphatic rings. The maximum atomic E-state index is 13.2. The molecule has 1 fully saturated rings. The van der Waals surface area contributed by atoms with Crippen molar-refractivity contribution >= 4 is 0 Å². The van der Waals surface area contributed by atoms with Crippen LogP contribution >= 0.6 is 0 Å². The molecule has 0 unspecified atom stereocenters. The van der Waals surface area contributed by atoms with Gasteiger partial charge in [-0.2, -0.15) is 5.26 Å². The van der Waals surface area contributed by atoms with Gasteiger partial charge < -0.3 is 5.32 Å². The fourth-order valence-corrected chi connectivity index (χ4v) is 2.90. The highest BCUT2D eigenvalue weighted by Gasteiger charge is 2.26. The average molecular weight is 260 g/mol. The number of hydrogen-bond donors (Lipinski definition) is 1. The van der Waals surface area contributed by atoms with Crippen LogP contribution in [0.15, 0.2) is 18.2 Å². The summed E-state index contributed by atoms with van der Waals surface area (Å²) >= 11 is 0. The maximum absolute atomic E-state index is 13.2. The van der Waals surface area contributed by atoms with Crippen molar-refractivity contribution in [1.82, 2.24) is 5.32 Å². The van der Waals surface area contributed by atoms with Crippen molar-refractivity contribution in [3.8, 4) is 6.07 Å². The molecule has 0 aromatic heterocycles.